The van der Waals surface area contributed by atoms with Crippen LogP contribution < -0.4 is 4.74 Å². The molecule has 0 N–H and O–H groups in total. The lowest BCUT2D eigenvalue weighted by molar-refractivity contribution is 0.301. The van der Waals surface area contributed by atoms with E-state index < -0.39 is 0 Å². The molecule has 1 aliphatic rings. The van der Waals surface area contributed by atoms with E-state index in [0.717, 1.165) is 22.4 Å². The van der Waals surface area contributed by atoms with Crippen molar-refractivity contribution >= 4 is 5.57 Å². The second-order valence-electron chi connectivity index (χ2n) is 4.13. The molecule has 0 saturated carbocycles. The Hall–Kier alpha value is -2.16. The van der Waals surface area contributed by atoms with Gasteiger partial charge in [-0.25, -0.2) is 4.39 Å². The number of halogens is 1. The second-order valence-corrected chi connectivity index (χ2v) is 4.13. The van der Waals surface area contributed by atoms with Crippen molar-refractivity contribution < 1.29 is 9.13 Å². The predicted octanol–water partition coefficient (Wildman–Crippen LogP) is 3.56. The molecule has 0 radical (unpaired) electrons. The third-order valence-electron chi connectivity index (χ3n) is 3.07. The molecule has 0 saturated heterocycles. The third-order valence-corrected chi connectivity index (χ3v) is 3.07. The van der Waals surface area contributed by atoms with Crippen molar-refractivity contribution in [3.05, 3.63) is 65.2 Å². The van der Waals surface area contributed by atoms with Gasteiger partial charge in [0, 0.05) is 23.4 Å². The number of rotatable bonds is 0. The molecule has 1 aromatic heterocycles. The molecule has 2 heterocycles. The molecule has 0 amide bonds. The van der Waals surface area contributed by atoms with Crippen LogP contribution in [0.25, 0.3) is 5.57 Å². The average Bonchev–Trinajstić information content (AvgIpc) is 2.55. The monoisotopic (exact) mass is 241 g/mol. The first-order valence-electron chi connectivity index (χ1n) is 5.83. The van der Waals surface area contributed by atoms with Gasteiger partial charge in [0.15, 0.2) is 0 Å². The Morgan fingerprint density at radius 3 is 3.00 bits per heavy atom. The molecule has 2 aromatic rings. The van der Waals surface area contributed by atoms with E-state index in [1.54, 1.807) is 12.3 Å². The lowest BCUT2D eigenvalue weighted by Gasteiger charge is -2.09. The van der Waals surface area contributed by atoms with Crippen LogP contribution in [-0.4, -0.2) is 4.98 Å². The topological polar surface area (TPSA) is 22.1 Å². The van der Waals surface area contributed by atoms with Crippen LogP contribution in [0.15, 0.2) is 42.6 Å². The Morgan fingerprint density at radius 2 is 2.17 bits per heavy atom. The van der Waals surface area contributed by atoms with Gasteiger partial charge in [-0.3, -0.25) is 4.98 Å². The molecule has 3 rings (SSSR count). The second kappa shape index (κ2) is 4.26. The van der Waals surface area contributed by atoms with Gasteiger partial charge in [0.2, 0.25) is 0 Å². The summed E-state index contributed by atoms with van der Waals surface area (Å²) in [5, 5.41) is 0. The molecule has 0 spiro atoms. The number of nitrogens with zero attached hydrogens (tertiary/aromatic N) is 1. The molecule has 2 nitrogen and oxygen atoms in total. The summed E-state index contributed by atoms with van der Waals surface area (Å²) in [6.07, 6.45) is 3.75. The van der Waals surface area contributed by atoms with Gasteiger partial charge in [-0.15, -0.1) is 0 Å². The predicted molar refractivity (Wildman–Crippen MR) is 67.7 cm³/mol. The number of aromatic nitrogens is 1. The zero-order valence-corrected chi connectivity index (χ0v) is 9.98. The molecule has 0 aliphatic carbocycles. The lowest BCUT2D eigenvalue weighted by atomic mass is 9.97. The van der Waals surface area contributed by atoms with Gasteiger partial charge >= 0.3 is 0 Å². The number of allylic oxidation sites excluding steroid dienone is 1. The minimum Gasteiger partial charge on any atom is -0.487 e. The van der Waals surface area contributed by atoms with Crippen LogP contribution in [0.3, 0.4) is 0 Å². The van der Waals surface area contributed by atoms with Crippen molar-refractivity contribution in [2.45, 2.75) is 13.5 Å². The molecule has 1 aliphatic heterocycles. The maximum Gasteiger partial charge on any atom is 0.131 e. The molecule has 3 heteroatoms. The van der Waals surface area contributed by atoms with Crippen LogP contribution in [0.5, 0.6) is 5.75 Å². The van der Waals surface area contributed by atoms with Gasteiger partial charge in [-0.05, 0) is 30.7 Å². The first kappa shape index (κ1) is 11.0. The first-order valence-corrected chi connectivity index (χ1v) is 5.83. The first-order chi connectivity index (χ1) is 8.79. The van der Waals surface area contributed by atoms with Gasteiger partial charge in [0.05, 0.1) is 5.69 Å². The quantitative estimate of drug-likeness (QED) is 0.703. The van der Waals surface area contributed by atoms with Crippen LogP contribution >= 0.6 is 0 Å². The van der Waals surface area contributed by atoms with Crippen LogP contribution in [-0.2, 0) is 6.61 Å². The minimum absolute atomic E-state index is 0.289. The van der Waals surface area contributed by atoms with E-state index in [1.165, 1.54) is 12.1 Å². The molecule has 0 fully saturated rings. The number of benzene rings is 1. The zero-order valence-electron chi connectivity index (χ0n) is 9.98. The number of pyridine rings is 1. The summed E-state index contributed by atoms with van der Waals surface area (Å²) in [6.45, 7) is 2.33. The highest BCUT2D eigenvalue weighted by Gasteiger charge is 2.19. The third kappa shape index (κ3) is 1.68. The lowest BCUT2D eigenvalue weighted by Crippen LogP contribution is -1.98. The van der Waals surface area contributed by atoms with E-state index in [0.29, 0.717) is 12.4 Å². The van der Waals surface area contributed by atoms with Crippen LogP contribution in [0.4, 0.5) is 4.39 Å². The van der Waals surface area contributed by atoms with Gasteiger partial charge in [0.1, 0.15) is 18.2 Å². The van der Waals surface area contributed by atoms with Crippen molar-refractivity contribution in [1.82, 2.24) is 4.98 Å². The fourth-order valence-corrected chi connectivity index (χ4v) is 2.24. The summed E-state index contributed by atoms with van der Waals surface area (Å²) in [4.78, 5) is 4.32. The molecule has 1 aromatic carbocycles. The molecule has 0 atom stereocenters. The van der Waals surface area contributed by atoms with Gasteiger partial charge in [-0.2, -0.15) is 0 Å². The van der Waals surface area contributed by atoms with E-state index in [4.69, 9.17) is 4.74 Å². The van der Waals surface area contributed by atoms with Crippen molar-refractivity contribution in [3.8, 4) is 5.75 Å². The number of ether oxygens (including phenoxy) is 1. The average molecular weight is 241 g/mol. The summed E-state index contributed by atoms with van der Waals surface area (Å²) in [5.41, 5.74) is 3.86. The maximum absolute atomic E-state index is 13.3. The number of fused-ring (bicyclic) bond motifs is 2. The normalized spacial score (nSPS) is 15.6. The van der Waals surface area contributed by atoms with Gasteiger partial charge < -0.3 is 4.74 Å². The van der Waals surface area contributed by atoms with E-state index in [1.807, 2.05) is 25.1 Å². The highest BCUT2D eigenvalue weighted by atomic mass is 19.1. The van der Waals surface area contributed by atoms with E-state index >= 15 is 0 Å². The van der Waals surface area contributed by atoms with Crippen molar-refractivity contribution in [3.63, 3.8) is 0 Å². The summed E-state index contributed by atoms with van der Waals surface area (Å²) < 4.78 is 18.9. The summed E-state index contributed by atoms with van der Waals surface area (Å²) in [5.74, 6) is 0.282. The molecule has 90 valence electrons. The molecular weight excluding hydrogens is 229 g/mol. The molecule has 18 heavy (non-hydrogen) atoms. The Bertz CT molecular complexity index is 634. The summed E-state index contributed by atoms with van der Waals surface area (Å²) >= 11 is 0. The van der Waals surface area contributed by atoms with E-state index in [-0.39, 0.29) is 5.82 Å². The van der Waals surface area contributed by atoms with Crippen LogP contribution in [0, 0.1) is 5.82 Å². The van der Waals surface area contributed by atoms with E-state index in [2.05, 4.69) is 4.98 Å². The summed E-state index contributed by atoms with van der Waals surface area (Å²) in [6, 6.07) is 8.54. The zero-order chi connectivity index (χ0) is 12.5. The van der Waals surface area contributed by atoms with Crippen molar-refractivity contribution in [2.24, 2.45) is 0 Å². The summed E-state index contributed by atoms with van der Waals surface area (Å²) in [7, 11) is 0. The van der Waals surface area contributed by atoms with Crippen molar-refractivity contribution in [2.75, 3.05) is 0 Å². The van der Waals surface area contributed by atoms with Crippen LogP contribution in [0.1, 0.15) is 23.7 Å². The fourth-order valence-electron chi connectivity index (χ4n) is 2.24. The van der Waals surface area contributed by atoms with Gasteiger partial charge in [-0.1, -0.05) is 12.1 Å². The van der Waals surface area contributed by atoms with Crippen LogP contribution in [0.2, 0.25) is 0 Å². The smallest absolute Gasteiger partial charge is 0.131 e. The highest BCUT2D eigenvalue weighted by molar-refractivity contribution is 5.84. The Morgan fingerprint density at radius 1 is 1.28 bits per heavy atom. The number of hydrogen-bond donors (Lipinski definition) is 0. The fraction of sp³-hybridized carbons (Fsp3) is 0.133. The number of hydrogen-bond acceptors (Lipinski definition) is 2. The maximum atomic E-state index is 13.3. The highest BCUT2D eigenvalue weighted by Crippen LogP contribution is 2.36. The van der Waals surface area contributed by atoms with Gasteiger partial charge in [0.25, 0.3) is 0 Å². The molecular formula is C15H12FNO. The SMILES string of the molecule is CC=C1c2ccc(F)cc2OCc2ncccc21. The molecule has 0 bridgehead atoms. The Kier molecular flexibility index (Phi) is 2.59. The largest absolute Gasteiger partial charge is 0.487 e. The Labute approximate surface area is 105 Å². The minimum atomic E-state index is -0.289. The standard InChI is InChI=1S/C15H12FNO/c1-2-11-12-4-3-7-17-14(12)9-18-15-8-10(16)5-6-13(11)15/h2-8H,9H2,1H3. The van der Waals surface area contributed by atoms with E-state index in [9.17, 15) is 4.39 Å². The van der Waals surface area contributed by atoms with Crippen molar-refractivity contribution in [1.29, 1.82) is 0 Å². The molecule has 0 unspecified atom stereocenters. The Balaban J connectivity index is 2.25.